The molecule has 1 rings (SSSR count). The summed E-state index contributed by atoms with van der Waals surface area (Å²) in [6, 6.07) is 6.39. The van der Waals surface area contributed by atoms with Crippen LogP contribution in [0.3, 0.4) is 0 Å². The summed E-state index contributed by atoms with van der Waals surface area (Å²) in [6.07, 6.45) is 1.47. The van der Waals surface area contributed by atoms with E-state index in [1.54, 1.807) is 25.1 Å². The van der Waals surface area contributed by atoms with Crippen molar-refractivity contribution in [1.29, 1.82) is 5.26 Å². The number of Topliss-reactive ketones (excluding diaryl/α,β-unsaturated/α-hetero) is 1. The molecule has 0 aliphatic rings. The molecular weight excluding hydrogens is 264 g/mol. The van der Waals surface area contributed by atoms with Gasteiger partial charge in [-0.15, -0.1) is 6.58 Å². The van der Waals surface area contributed by atoms with E-state index in [0.717, 1.165) is 5.56 Å². The highest BCUT2D eigenvalue weighted by atomic mass is 35.5. The van der Waals surface area contributed by atoms with Gasteiger partial charge in [0.15, 0.2) is 11.7 Å². The van der Waals surface area contributed by atoms with Crippen molar-refractivity contribution in [2.24, 2.45) is 5.92 Å². The van der Waals surface area contributed by atoms with Crippen molar-refractivity contribution >= 4 is 23.3 Å². The van der Waals surface area contributed by atoms with E-state index in [9.17, 15) is 9.59 Å². The molecule has 0 saturated heterocycles. The van der Waals surface area contributed by atoms with Crippen LogP contribution in [0.2, 0.25) is 5.02 Å². The number of nitriles is 1. The van der Waals surface area contributed by atoms with Gasteiger partial charge in [0.1, 0.15) is 0 Å². The molecule has 1 atom stereocenters. The van der Waals surface area contributed by atoms with Gasteiger partial charge < -0.3 is 5.32 Å². The van der Waals surface area contributed by atoms with Gasteiger partial charge in [0, 0.05) is 17.1 Å². The van der Waals surface area contributed by atoms with Crippen LogP contribution >= 0.6 is 11.6 Å². The number of halogens is 1. The average molecular weight is 277 g/mol. The van der Waals surface area contributed by atoms with Gasteiger partial charge in [-0.25, -0.2) is 0 Å². The molecule has 0 aliphatic heterocycles. The van der Waals surface area contributed by atoms with Crippen molar-refractivity contribution in [2.45, 2.75) is 6.92 Å². The molecule has 1 amide bonds. The third-order valence-corrected chi connectivity index (χ3v) is 2.94. The minimum absolute atomic E-state index is 0.207. The van der Waals surface area contributed by atoms with Gasteiger partial charge in [-0.1, -0.05) is 29.8 Å². The Morgan fingerprint density at radius 1 is 1.58 bits per heavy atom. The van der Waals surface area contributed by atoms with Gasteiger partial charge in [0.05, 0.1) is 6.07 Å². The highest BCUT2D eigenvalue weighted by Gasteiger charge is 2.27. The molecule has 0 aromatic heterocycles. The van der Waals surface area contributed by atoms with E-state index in [-0.39, 0.29) is 12.1 Å². The minimum atomic E-state index is -1.38. The summed E-state index contributed by atoms with van der Waals surface area (Å²) in [4.78, 5) is 23.7. The van der Waals surface area contributed by atoms with Crippen molar-refractivity contribution in [3.8, 4) is 6.07 Å². The first-order chi connectivity index (χ1) is 9.01. The first-order valence-corrected chi connectivity index (χ1v) is 5.97. The van der Waals surface area contributed by atoms with Crippen LogP contribution in [0, 0.1) is 24.2 Å². The average Bonchev–Trinajstić information content (AvgIpc) is 2.40. The molecule has 1 aromatic carbocycles. The standard InChI is InChI=1S/C14H13ClN2O2/c1-3-6-17-14(19)11(8-16)13(18)10-5-4-9(2)12(15)7-10/h3-5,7,11H,1,6H2,2H3,(H,17,19)/t11-/m1/s1. The third kappa shape index (κ3) is 3.67. The third-order valence-electron chi connectivity index (χ3n) is 2.53. The van der Waals surface area contributed by atoms with Crippen molar-refractivity contribution in [3.63, 3.8) is 0 Å². The Morgan fingerprint density at radius 3 is 2.79 bits per heavy atom. The number of aryl methyl sites for hydroxylation is 1. The Morgan fingerprint density at radius 2 is 2.26 bits per heavy atom. The molecule has 0 fully saturated rings. The van der Waals surface area contributed by atoms with E-state index in [0.29, 0.717) is 5.02 Å². The molecule has 4 nitrogen and oxygen atoms in total. The normalized spacial score (nSPS) is 11.2. The summed E-state index contributed by atoms with van der Waals surface area (Å²) in [5, 5.41) is 11.8. The van der Waals surface area contributed by atoms with Crippen LogP contribution in [0.15, 0.2) is 30.9 Å². The maximum atomic E-state index is 12.1. The Hall–Kier alpha value is -2.12. The predicted molar refractivity (Wildman–Crippen MR) is 72.8 cm³/mol. The number of nitrogens with one attached hydrogen (secondary N) is 1. The highest BCUT2D eigenvalue weighted by Crippen LogP contribution is 2.19. The summed E-state index contributed by atoms with van der Waals surface area (Å²) in [5.74, 6) is -2.58. The maximum absolute atomic E-state index is 12.1. The molecule has 0 radical (unpaired) electrons. The lowest BCUT2D eigenvalue weighted by Crippen LogP contribution is -2.34. The molecule has 19 heavy (non-hydrogen) atoms. The number of benzene rings is 1. The van der Waals surface area contributed by atoms with E-state index in [1.165, 1.54) is 12.1 Å². The molecule has 1 N–H and O–H groups in total. The summed E-state index contributed by atoms with van der Waals surface area (Å²) < 4.78 is 0. The minimum Gasteiger partial charge on any atom is -0.351 e. The van der Waals surface area contributed by atoms with Gasteiger partial charge in [0.2, 0.25) is 5.91 Å². The maximum Gasteiger partial charge on any atom is 0.245 e. The van der Waals surface area contributed by atoms with Crippen LogP contribution in [0.25, 0.3) is 0 Å². The number of hydrogen-bond donors (Lipinski definition) is 1. The first-order valence-electron chi connectivity index (χ1n) is 5.59. The zero-order valence-electron chi connectivity index (χ0n) is 10.4. The fraction of sp³-hybridized carbons (Fsp3) is 0.214. The Balaban J connectivity index is 2.96. The molecule has 0 heterocycles. The number of amides is 1. The van der Waals surface area contributed by atoms with Crippen LogP contribution in [0.4, 0.5) is 0 Å². The summed E-state index contributed by atoms with van der Waals surface area (Å²) in [6.45, 7) is 5.45. The van der Waals surface area contributed by atoms with Crippen LogP contribution in [0.5, 0.6) is 0 Å². The van der Waals surface area contributed by atoms with Crippen molar-refractivity contribution in [2.75, 3.05) is 6.54 Å². The molecule has 1 aromatic rings. The van der Waals surface area contributed by atoms with Gasteiger partial charge in [-0.2, -0.15) is 5.26 Å². The van der Waals surface area contributed by atoms with Crippen molar-refractivity contribution in [1.82, 2.24) is 5.32 Å². The molecule has 0 aliphatic carbocycles. The molecule has 0 unspecified atom stereocenters. The fourth-order valence-electron chi connectivity index (χ4n) is 1.42. The number of hydrogen-bond acceptors (Lipinski definition) is 3. The number of carbonyl (C=O) groups is 2. The Kier molecular flexibility index (Phi) is 5.28. The first kappa shape index (κ1) is 14.9. The van der Waals surface area contributed by atoms with Crippen LogP contribution in [-0.2, 0) is 4.79 Å². The summed E-state index contributed by atoms with van der Waals surface area (Å²) in [5.41, 5.74) is 1.07. The number of nitrogens with zero attached hydrogens (tertiary/aromatic N) is 1. The Labute approximate surface area is 116 Å². The second kappa shape index (κ2) is 6.72. The smallest absolute Gasteiger partial charge is 0.245 e. The molecule has 5 heteroatoms. The van der Waals surface area contributed by atoms with Crippen molar-refractivity contribution < 1.29 is 9.59 Å². The lowest BCUT2D eigenvalue weighted by atomic mass is 9.97. The summed E-state index contributed by atoms with van der Waals surface area (Å²) >= 11 is 5.92. The van der Waals surface area contributed by atoms with E-state index < -0.39 is 17.6 Å². The summed E-state index contributed by atoms with van der Waals surface area (Å²) in [7, 11) is 0. The van der Waals surface area contributed by atoms with Gasteiger partial charge in [0.25, 0.3) is 0 Å². The van der Waals surface area contributed by atoms with Gasteiger partial charge >= 0.3 is 0 Å². The van der Waals surface area contributed by atoms with E-state index in [2.05, 4.69) is 11.9 Å². The van der Waals surface area contributed by atoms with Crippen LogP contribution in [-0.4, -0.2) is 18.2 Å². The predicted octanol–water partition coefficient (Wildman–Crippen LogP) is 2.27. The number of rotatable bonds is 5. The lowest BCUT2D eigenvalue weighted by Gasteiger charge is -2.09. The quantitative estimate of drug-likeness (QED) is 0.509. The molecular formula is C14H13ClN2O2. The van der Waals surface area contributed by atoms with Crippen LogP contribution in [0.1, 0.15) is 15.9 Å². The topological polar surface area (TPSA) is 70.0 Å². The monoisotopic (exact) mass is 276 g/mol. The number of ketones is 1. The largest absolute Gasteiger partial charge is 0.351 e. The number of carbonyl (C=O) groups excluding carboxylic acids is 2. The molecule has 0 saturated carbocycles. The van der Waals surface area contributed by atoms with Gasteiger partial charge in [-0.3, -0.25) is 9.59 Å². The van der Waals surface area contributed by atoms with E-state index in [4.69, 9.17) is 16.9 Å². The molecule has 0 spiro atoms. The van der Waals surface area contributed by atoms with Crippen LogP contribution < -0.4 is 5.32 Å². The fourth-order valence-corrected chi connectivity index (χ4v) is 1.60. The highest BCUT2D eigenvalue weighted by molar-refractivity contribution is 6.31. The van der Waals surface area contributed by atoms with E-state index >= 15 is 0 Å². The SMILES string of the molecule is C=CCNC(=O)[C@H](C#N)C(=O)c1ccc(C)c(Cl)c1. The second-order valence-electron chi connectivity index (χ2n) is 3.92. The van der Waals surface area contributed by atoms with E-state index in [1.807, 2.05) is 0 Å². The second-order valence-corrected chi connectivity index (χ2v) is 4.33. The van der Waals surface area contributed by atoms with Gasteiger partial charge in [-0.05, 0) is 18.6 Å². The molecule has 0 bridgehead atoms. The lowest BCUT2D eigenvalue weighted by molar-refractivity contribution is -0.121. The zero-order chi connectivity index (χ0) is 14.4. The molecule has 98 valence electrons. The zero-order valence-corrected chi connectivity index (χ0v) is 11.2. The Bertz CT molecular complexity index is 561. The van der Waals surface area contributed by atoms with Crippen molar-refractivity contribution in [3.05, 3.63) is 47.0 Å².